The number of nitrogens with zero attached hydrogens (tertiary/aromatic N) is 3. The molecule has 3 aromatic carbocycles. The molecule has 2 atom stereocenters. The highest BCUT2D eigenvalue weighted by molar-refractivity contribution is 6.35. The van der Waals surface area contributed by atoms with Gasteiger partial charge in [-0.15, -0.1) is 0 Å². The van der Waals surface area contributed by atoms with Crippen LogP contribution in [-0.4, -0.2) is 68.6 Å². The van der Waals surface area contributed by atoms with Crippen molar-refractivity contribution < 1.29 is 38.0 Å². The number of benzene rings is 3. The van der Waals surface area contributed by atoms with Crippen LogP contribution in [0.15, 0.2) is 73.1 Å². The minimum atomic E-state index is -1.15. The summed E-state index contributed by atoms with van der Waals surface area (Å²) in [5.41, 5.74) is 2.39. The molecule has 0 radical (unpaired) electrons. The standard InChI is InChI=1S/C38H38Cl2FN3O7/c1-49-34-10-8-25(18-35(34)50-2)27(19-29-30(39)20-43(48)21-31(29)40)28-17-23(7-9-26(28)37(45)46)11-16-44(33-6-4-3-5-32(33)41)38(47)51-36-22-42-14-12-24(36)13-15-42/h3-10,17-18,20-21,24,27,36H,11-16,19,22H2,1-2H3,(H,45,46)/t27-,36-/m0/s1. The van der Waals surface area contributed by atoms with Crippen LogP contribution in [0, 0.1) is 16.9 Å². The van der Waals surface area contributed by atoms with Crippen LogP contribution in [-0.2, 0) is 17.6 Å². The summed E-state index contributed by atoms with van der Waals surface area (Å²) < 4.78 is 32.7. The normalized spacial score (nSPS) is 18.6. The fourth-order valence-corrected chi connectivity index (χ4v) is 7.72. The molecule has 1 aromatic heterocycles. The maximum atomic E-state index is 15.2. The Balaban J connectivity index is 1.36. The Morgan fingerprint density at radius 3 is 2.35 bits per heavy atom. The Morgan fingerprint density at radius 2 is 1.73 bits per heavy atom. The number of hydrogen-bond donors (Lipinski definition) is 1. The number of carbonyl (C=O) groups is 2. The van der Waals surface area contributed by atoms with E-state index in [9.17, 15) is 19.9 Å². The Morgan fingerprint density at radius 1 is 1.02 bits per heavy atom. The number of piperidine rings is 3. The van der Waals surface area contributed by atoms with Crippen molar-refractivity contribution in [3.63, 3.8) is 0 Å². The van der Waals surface area contributed by atoms with Crippen molar-refractivity contribution in [2.75, 3.05) is 45.3 Å². The molecule has 3 fully saturated rings. The third kappa shape index (κ3) is 8.01. The van der Waals surface area contributed by atoms with E-state index in [-0.39, 0.29) is 52.7 Å². The number of methoxy groups -OCH3 is 2. The number of amides is 1. The number of hydrogen-bond acceptors (Lipinski definition) is 7. The van der Waals surface area contributed by atoms with E-state index >= 15 is 4.39 Å². The quantitative estimate of drug-likeness (QED) is 0.121. The molecular weight excluding hydrogens is 700 g/mol. The van der Waals surface area contributed by atoms with Crippen molar-refractivity contribution >= 4 is 41.0 Å². The highest BCUT2D eigenvalue weighted by Gasteiger charge is 2.38. The summed E-state index contributed by atoms with van der Waals surface area (Å²) in [5, 5.41) is 22.7. The van der Waals surface area contributed by atoms with Gasteiger partial charge < -0.3 is 24.5 Å². The average Bonchev–Trinajstić information content (AvgIpc) is 3.12. The summed E-state index contributed by atoms with van der Waals surface area (Å²) >= 11 is 13.0. The first-order valence-corrected chi connectivity index (χ1v) is 17.4. The number of anilines is 1. The van der Waals surface area contributed by atoms with Crippen LogP contribution in [0.5, 0.6) is 11.5 Å². The number of carboxylic acids is 1. The molecule has 4 heterocycles. The van der Waals surface area contributed by atoms with Gasteiger partial charge in [0.2, 0.25) is 0 Å². The van der Waals surface area contributed by atoms with Crippen molar-refractivity contribution in [1.29, 1.82) is 0 Å². The molecule has 0 spiro atoms. The molecule has 51 heavy (non-hydrogen) atoms. The second kappa shape index (κ2) is 15.8. The first-order valence-electron chi connectivity index (χ1n) is 16.7. The van der Waals surface area contributed by atoms with Crippen LogP contribution in [0.25, 0.3) is 0 Å². The molecule has 13 heteroatoms. The molecule has 7 rings (SSSR count). The lowest BCUT2D eigenvalue weighted by Crippen LogP contribution is -2.53. The zero-order chi connectivity index (χ0) is 36.2. The lowest BCUT2D eigenvalue weighted by Gasteiger charge is -2.44. The van der Waals surface area contributed by atoms with E-state index in [2.05, 4.69) is 4.90 Å². The van der Waals surface area contributed by atoms with Crippen molar-refractivity contribution in [1.82, 2.24) is 4.90 Å². The number of ether oxygens (including phenoxy) is 3. The molecule has 268 valence electrons. The second-order valence-corrected chi connectivity index (χ2v) is 13.6. The SMILES string of the molecule is COc1ccc([C@H](Cc2c(Cl)c[n+]([O-])cc2Cl)c2cc(CCN(C(=O)O[C@H]3CN4CCC3CC4)c3ccccc3F)ccc2C(=O)O)cc1OC. The van der Waals surface area contributed by atoms with Gasteiger partial charge in [0.15, 0.2) is 23.9 Å². The third-order valence-electron chi connectivity index (χ3n) is 9.83. The number of halogens is 3. The summed E-state index contributed by atoms with van der Waals surface area (Å²) in [4.78, 5) is 30.0. The van der Waals surface area contributed by atoms with E-state index in [4.69, 9.17) is 37.4 Å². The minimum absolute atomic E-state index is 0.0355. The van der Waals surface area contributed by atoms with Crippen LogP contribution in [0.2, 0.25) is 10.0 Å². The predicted octanol–water partition coefficient (Wildman–Crippen LogP) is 7.14. The number of rotatable bonds is 12. The molecule has 3 saturated heterocycles. The van der Waals surface area contributed by atoms with Crippen LogP contribution < -0.4 is 19.1 Å². The summed E-state index contributed by atoms with van der Waals surface area (Å²) in [6.45, 7) is 2.68. The highest BCUT2D eigenvalue weighted by Crippen LogP contribution is 2.39. The molecule has 10 nitrogen and oxygen atoms in total. The molecular formula is C38H38Cl2FN3O7. The van der Waals surface area contributed by atoms with E-state index in [0.717, 1.165) is 25.9 Å². The molecule has 3 aliphatic rings. The maximum absolute atomic E-state index is 15.2. The molecule has 4 aromatic rings. The zero-order valence-electron chi connectivity index (χ0n) is 28.2. The Hall–Kier alpha value is -4.58. The smallest absolute Gasteiger partial charge is 0.414 e. The van der Waals surface area contributed by atoms with E-state index in [1.807, 2.05) is 0 Å². The van der Waals surface area contributed by atoms with Gasteiger partial charge in [0.25, 0.3) is 0 Å². The molecule has 3 aliphatic heterocycles. The maximum Gasteiger partial charge on any atom is 0.414 e. The zero-order valence-corrected chi connectivity index (χ0v) is 29.7. The fraction of sp³-hybridized carbons (Fsp3) is 0.342. The number of aromatic carboxylic acids is 1. The number of aromatic nitrogens is 1. The highest BCUT2D eigenvalue weighted by atomic mass is 35.5. The van der Waals surface area contributed by atoms with Crippen molar-refractivity contribution in [3.8, 4) is 11.5 Å². The first kappa shape index (κ1) is 36.2. The van der Waals surface area contributed by atoms with E-state index < -0.39 is 23.8 Å². The topological polar surface area (TPSA) is 115 Å². The number of pyridine rings is 1. The predicted molar refractivity (Wildman–Crippen MR) is 191 cm³/mol. The Bertz CT molecular complexity index is 1900. The second-order valence-electron chi connectivity index (χ2n) is 12.8. The van der Waals surface area contributed by atoms with Gasteiger partial charge in [0, 0.05) is 24.6 Å². The van der Waals surface area contributed by atoms with Crippen LogP contribution in [0.4, 0.5) is 14.9 Å². The first-order chi connectivity index (χ1) is 24.6. The molecule has 0 unspecified atom stereocenters. The monoisotopic (exact) mass is 737 g/mol. The van der Waals surface area contributed by atoms with Gasteiger partial charge in [0.1, 0.15) is 22.0 Å². The van der Waals surface area contributed by atoms with Crippen LogP contribution >= 0.6 is 23.2 Å². The van der Waals surface area contributed by atoms with Gasteiger partial charge in [-0.1, -0.05) is 53.5 Å². The summed E-state index contributed by atoms with van der Waals surface area (Å²) in [6.07, 6.45) is 3.76. The molecule has 0 saturated carbocycles. The molecule has 2 bridgehead atoms. The number of carbonyl (C=O) groups excluding carboxylic acids is 1. The lowest BCUT2D eigenvalue weighted by molar-refractivity contribution is -0.605. The van der Waals surface area contributed by atoms with Gasteiger partial charge in [-0.3, -0.25) is 9.80 Å². The fourth-order valence-electron chi connectivity index (χ4n) is 7.12. The lowest BCUT2D eigenvalue weighted by atomic mass is 9.82. The summed E-state index contributed by atoms with van der Waals surface area (Å²) in [5.74, 6) is -1.18. The van der Waals surface area contributed by atoms with E-state index in [1.165, 1.54) is 49.7 Å². The van der Waals surface area contributed by atoms with Crippen molar-refractivity contribution in [2.45, 2.75) is 37.7 Å². The van der Waals surface area contributed by atoms with Gasteiger partial charge in [-0.2, -0.15) is 4.73 Å². The minimum Gasteiger partial charge on any atom is -0.619 e. The Labute approximate surface area is 305 Å². The number of carboxylic acid groups (broad SMARTS) is 1. The van der Waals surface area contributed by atoms with E-state index in [0.29, 0.717) is 45.0 Å². The Kier molecular flexibility index (Phi) is 11.2. The summed E-state index contributed by atoms with van der Waals surface area (Å²) in [6, 6.07) is 16.3. The van der Waals surface area contributed by atoms with Crippen LogP contribution in [0.3, 0.4) is 0 Å². The molecule has 0 aliphatic carbocycles. The van der Waals surface area contributed by atoms with Gasteiger partial charge in [0.05, 0.1) is 25.5 Å². The average molecular weight is 739 g/mol. The van der Waals surface area contributed by atoms with Crippen LogP contribution in [0.1, 0.15) is 51.4 Å². The van der Waals surface area contributed by atoms with Crippen molar-refractivity contribution in [2.24, 2.45) is 5.92 Å². The largest absolute Gasteiger partial charge is 0.619 e. The third-order valence-corrected chi connectivity index (χ3v) is 10.5. The van der Waals surface area contributed by atoms with Crippen molar-refractivity contribution in [3.05, 3.63) is 122 Å². The molecule has 1 N–H and O–H groups in total. The van der Waals surface area contributed by atoms with E-state index in [1.54, 1.807) is 42.5 Å². The van der Waals surface area contributed by atoms with Gasteiger partial charge in [-0.05, 0) is 91.7 Å². The number of fused-ring (bicyclic) bond motifs is 3. The summed E-state index contributed by atoms with van der Waals surface area (Å²) in [7, 11) is 3.01. The van der Waals surface area contributed by atoms with Gasteiger partial charge in [-0.25, -0.2) is 14.0 Å². The molecule has 1 amide bonds. The number of para-hydroxylation sites is 1. The van der Waals surface area contributed by atoms with Gasteiger partial charge >= 0.3 is 12.1 Å².